The van der Waals surface area contributed by atoms with E-state index in [0.29, 0.717) is 10.6 Å². The second-order valence-electron chi connectivity index (χ2n) is 3.07. The molecule has 0 saturated carbocycles. The van der Waals surface area contributed by atoms with Crippen LogP contribution in [0.5, 0.6) is 0 Å². The minimum absolute atomic E-state index is 0.363. The summed E-state index contributed by atoms with van der Waals surface area (Å²) in [6.07, 6.45) is 0. The molecule has 0 bridgehead atoms. The first kappa shape index (κ1) is 10.4. The molecule has 3 amide bonds. The van der Waals surface area contributed by atoms with E-state index in [-0.39, 0.29) is 5.91 Å². The van der Waals surface area contributed by atoms with Crippen molar-refractivity contribution in [3.05, 3.63) is 33.3 Å². The predicted octanol–water partition coefficient (Wildman–Crippen LogP) is 1.98. The highest BCUT2D eigenvalue weighted by molar-refractivity contribution is 9.10. The molecule has 1 atom stereocenters. The van der Waals surface area contributed by atoms with Crippen LogP contribution in [0.3, 0.4) is 0 Å². The van der Waals surface area contributed by atoms with Gasteiger partial charge in [-0.3, -0.25) is 10.1 Å². The van der Waals surface area contributed by atoms with Gasteiger partial charge in [0.25, 0.3) is 5.91 Å². The molecule has 1 saturated heterocycles. The van der Waals surface area contributed by atoms with Gasteiger partial charge in [-0.15, -0.1) is 0 Å². The Labute approximate surface area is 99.1 Å². The Kier molecular flexibility index (Phi) is 2.67. The van der Waals surface area contributed by atoms with E-state index in [1.165, 1.54) is 0 Å². The lowest BCUT2D eigenvalue weighted by Crippen LogP contribution is -2.22. The van der Waals surface area contributed by atoms with E-state index in [4.69, 9.17) is 11.6 Å². The maximum absolute atomic E-state index is 11.3. The number of hydrogen-bond acceptors (Lipinski definition) is 2. The van der Waals surface area contributed by atoms with Gasteiger partial charge in [-0.1, -0.05) is 17.7 Å². The van der Waals surface area contributed by atoms with Crippen molar-refractivity contribution in [3.8, 4) is 0 Å². The minimum atomic E-state index is -0.650. The highest BCUT2D eigenvalue weighted by Crippen LogP contribution is 2.26. The first-order valence-corrected chi connectivity index (χ1v) is 5.31. The number of nitrogens with one attached hydrogen (secondary N) is 2. The number of carbonyl (C=O) groups is 2. The lowest BCUT2D eigenvalue weighted by Gasteiger charge is -2.08. The van der Waals surface area contributed by atoms with Gasteiger partial charge in [-0.05, 0) is 33.6 Å². The molecule has 1 unspecified atom stereocenters. The number of imide groups is 1. The molecule has 15 heavy (non-hydrogen) atoms. The zero-order valence-electron chi connectivity index (χ0n) is 7.38. The van der Waals surface area contributed by atoms with Gasteiger partial charge in [0.15, 0.2) is 0 Å². The van der Waals surface area contributed by atoms with Crippen LogP contribution in [0.15, 0.2) is 22.7 Å². The number of amides is 3. The van der Waals surface area contributed by atoms with Crippen LogP contribution >= 0.6 is 27.5 Å². The van der Waals surface area contributed by atoms with Crippen molar-refractivity contribution in [2.75, 3.05) is 0 Å². The largest absolute Gasteiger partial charge is 0.322 e. The summed E-state index contributed by atoms with van der Waals surface area (Å²) in [4.78, 5) is 22.2. The summed E-state index contributed by atoms with van der Waals surface area (Å²) in [5, 5.41) is 5.15. The molecule has 1 aromatic rings. The highest BCUT2D eigenvalue weighted by Gasteiger charge is 2.30. The SMILES string of the molecule is O=C1NC(=O)C(c2ccc(Br)c(Cl)c2)N1. The van der Waals surface area contributed by atoms with Gasteiger partial charge in [-0.2, -0.15) is 0 Å². The maximum atomic E-state index is 11.3. The monoisotopic (exact) mass is 288 g/mol. The first-order chi connectivity index (χ1) is 7.08. The molecule has 1 aliphatic rings. The molecule has 0 aromatic heterocycles. The lowest BCUT2D eigenvalue weighted by molar-refractivity contribution is -0.120. The van der Waals surface area contributed by atoms with Crippen LogP contribution in [0.1, 0.15) is 11.6 Å². The number of halogens is 2. The summed E-state index contributed by atoms with van der Waals surface area (Å²) < 4.78 is 0.748. The number of benzene rings is 1. The molecule has 6 heteroatoms. The van der Waals surface area contributed by atoms with Crippen molar-refractivity contribution in [3.63, 3.8) is 0 Å². The average Bonchev–Trinajstić information content (AvgIpc) is 2.50. The molecule has 1 fully saturated rings. The Bertz CT molecular complexity index is 450. The van der Waals surface area contributed by atoms with Crippen LogP contribution in [0.25, 0.3) is 0 Å². The molecule has 1 aliphatic heterocycles. The second kappa shape index (κ2) is 3.83. The fourth-order valence-corrected chi connectivity index (χ4v) is 1.78. The van der Waals surface area contributed by atoms with E-state index in [2.05, 4.69) is 26.6 Å². The molecule has 78 valence electrons. The van der Waals surface area contributed by atoms with Gasteiger partial charge in [0.1, 0.15) is 6.04 Å². The van der Waals surface area contributed by atoms with E-state index in [1.54, 1.807) is 18.2 Å². The van der Waals surface area contributed by atoms with E-state index >= 15 is 0 Å². The molecule has 0 radical (unpaired) electrons. The van der Waals surface area contributed by atoms with Crippen molar-refractivity contribution in [2.24, 2.45) is 0 Å². The molecule has 2 N–H and O–H groups in total. The van der Waals surface area contributed by atoms with Crippen LogP contribution < -0.4 is 10.6 Å². The normalized spacial score (nSPS) is 20.0. The fourth-order valence-electron chi connectivity index (χ4n) is 1.34. The minimum Gasteiger partial charge on any atom is -0.322 e. The molecule has 2 rings (SSSR count). The third-order valence-corrected chi connectivity index (χ3v) is 3.28. The Morgan fingerprint density at radius 2 is 2.07 bits per heavy atom. The summed E-state index contributed by atoms with van der Waals surface area (Å²) in [6.45, 7) is 0. The number of carbonyl (C=O) groups excluding carboxylic acids is 2. The van der Waals surface area contributed by atoms with Crippen molar-refractivity contribution in [1.29, 1.82) is 0 Å². The number of hydrogen-bond donors (Lipinski definition) is 2. The van der Waals surface area contributed by atoms with Crippen LogP contribution in [-0.2, 0) is 4.79 Å². The van der Waals surface area contributed by atoms with Crippen molar-refractivity contribution in [2.45, 2.75) is 6.04 Å². The summed E-state index contributed by atoms with van der Waals surface area (Å²) in [7, 11) is 0. The smallest absolute Gasteiger partial charge is 0.322 e. The summed E-state index contributed by atoms with van der Waals surface area (Å²) in [5.74, 6) is -0.363. The van der Waals surface area contributed by atoms with Crippen LogP contribution in [-0.4, -0.2) is 11.9 Å². The van der Waals surface area contributed by atoms with Crippen LogP contribution in [0, 0.1) is 0 Å². The third kappa shape index (κ3) is 1.98. The van der Waals surface area contributed by atoms with E-state index in [1.807, 2.05) is 0 Å². The summed E-state index contributed by atoms with van der Waals surface area (Å²) in [6, 6.07) is 3.97. The topological polar surface area (TPSA) is 58.2 Å². The molecular formula is C9H6BrClN2O2. The first-order valence-electron chi connectivity index (χ1n) is 4.14. The molecule has 0 aliphatic carbocycles. The zero-order chi connectivity index (χ0) is 11.0. The van der Waals surface area contributed by atoms with Crippen molar-refractivity contribution < 1.29 is 9.59 Å². The quantitative estimate of drug-likeness (QED) is 0.777. The molecular weight excluding hydrogens is 283 g/mol. The van der Waals surface area contributed by atoms with Crippen molar-refractivity contribution in [1.82, 2.24) is 10.6 Å². The average molecular weight is 290 g/mol. The Morgan fingerprint density at radius 1 is 1.33 bits per heavy atom. The van der Waals surface area contributed by atoms with E-state index in [9.17, 15) is 9.59 Å². The van der Waals surface area contributed by atoms with Crippen molar-refractivity contribution >= 4 is 39.5 Å². The standard InChI is InChI=1S/C9H6BrClN2O2/c10-5-2-1-4(3-6(5)11)7-8(14)13-9(15)12-7/h1-3,7H,(H2,12,13,14,15). The molecule has 4 nitrogen and oxygen atoms in total. The number of rotatable bonds is 1. The Balaban J connectivity index is 2.34. The summed E-state index contributed by atoms with van der Waals surface area (Å²) in [5.41, 5.74) is 0.659. The van der Waals surface area contributed by atoms with Crippen LogP contribution in [0.4, 0.5) is 4.79 Å². The van der Waals surface area contributed by atoms with Crippen LogP contribution in [0.2, 0.25) is 5.02 Å². The van der Waals surface area contributed by atoms with E-state index in [0.717, 1.165) is 4.47 Å². The molecule has 1 heterocycles. The van der Waals surface area contributed by atoms with Gasteiger partial charge in [0.05, 0.1) is 5.02 Å². The summed E-state index contributed by atoms with van der Waals surface area (Å²) >= 11 is 9.13. The zero-order valence-corrected chi connectivity index (χ0v) is 9.72. The predicted molar refractivity (Wildman–Crippen MR) is 58.6 cm³/mol. The van der Waals surface area contributed by atoms with Gasteiger partial charge in [0, 0.05) is 4.47 Å². The number of urea groups is 1. The van der Waals surface area contributed by atoms with Gasteiger partial charge < -0.3 is 5.32 Å². The maximum Gasteiger partial charge on any atom is 0.322 e. The third-order valence-electron chi connectivity index (χ3n) is 2.05. The molecule has 1 aromatic carbocycles. The lowest BCUT2D eigenvalue weighted by atomic mass is 10.1. The van der Waals surface area contributed by atoms with Gasteiger partial charge in [-0.25, -0.2) is 4.79 Å². The Hall–Kier alpha value is -1.07. The Morgan fingerprint density at radius 3 is 2.60 bits per heavy atom. The highest BCUT2D eigenvalue weighted by atomic mass is 79.9. The van der Waals surface area contributed by atoms with Gasteiger partial charge >= 0.3 is 6.03 Å². The van der Waals surface area contributed by atoms with E-state index < -0.39 is 12.1 Å². The fraction of sp³-hybridized carbons (Fsp3) is 0.111. The second-order valence-corrected chi connectivity index (χ2v) is 4.33. The molecule has 0 spiro atoms. The van der Waals surface area contributed by atoms with Gasteiger partial charge in [0.2, 0.25) is 0 Å².